The summed E-state index contributed by atoms with van der Waals surface area (Å²) < 4.78 is 11.3. The minimum Gasteiger partial charge on any atom is -0.350 e. The third-order valence-electron chi connectivity index (χ3n) is 5.15. The van der Waals surface area contributed by atoms with E-state index < -0.39 is 0 Å². The second-order valence-corrected chi connectivity index (χ2v) is 7.49. The zero-order valence-corrected chi connectivity index (χ0v) is 14.0. The molecule has 0 aromatic heterocycles. The first-order valence-corrected chi connectivity index (χ1v) is 8.85. The molecule has 126 valence electrons. The van der Waals surface area contributed by atoms with E-state index in [9.17, 15) is 4.79 Å². The molecule has 22 heavy (non-hydrogen) atoms. The van der Waals surface area contributed by atoms with Gasteiger partial charge < -0.3 is 14.4 Å². The maximum absolute atomic E-state index is 12.6. The Labute approximate surface area is 133 Å². The topological polar surface area (TPSA) is 42.0 Å². The number of carbonyl (C=O) groups excluding carboxylic acids is 1. The van der Waals surface area contributed by atoms with E-state index in [2.05, 4.69) is 23.6 Å². The van der Waals surface area contributed by atoms with Gasteiger partial charge in [-0.15, -0.1) is 0 Å². The molecule has 0 N–H and O–H groups in total. The molecule has 3 rings (SSSR count). The Kier molecular flexibility index (Phi) is 5.37. The number of carbonyl (C=O) groups is 1. The van der Waals surface area contributed by atoms with Crippen molar-refractivity contribution in [2.24, 2.45) is 17.8 Å². The zero-order valence-electron chi connectivity index (χ0n) is 14.0. The monoisotopic (exact) mass is 310 g/mol. The number of ether oxygens (including phenoxy) is 2. The summed E-state index contributed by atoms with van der Waals surface area (Å²) in [5.74, 6) is 1.97. The molecule has 0 radical (unpaired) electrons. The van der Waals surface area contributed by atoms with E-state index in [1.807, 2.05) is 0 Å². The average Bonchev–Trinajstić information content (AvgIpc) is 3.00. The lowest BCUT2D eigenvalue weighted by Crippen LogP contribution is -2.49. The third-order valence-corrected chi connectivity index (χ3v) is 5.15. The summed E-state index contributed by atoms with van der Waals surface area (Å²) in [6.45, 7) is 10.3. The Morgan fingerprint density at radius 2 is 1.77 bits per heavy atom. The van der Waals surface area contributed by atoms with Gasteiger partial charge in [0.2, 0.25) is 5.91 Å². The van der Waals surface area contributed by atoms with Crippen LogP contribution >= 0.6 is 0 Å². The first-order valence-electron chi connectivity index (χ1n) is 8.85. The second-order valence-electron chi connectivity index (χ2n) is 7.49. The number of amides is 1. The van der Waals surface area contributed by atoms with Crippen molar-refractivity contribution in [3.63, 3.8) is 0 Å². The van der Waals surface area contributed by atoms with Crippen molar-refractivity contribution in [3.8, 4) is 0 Å². The lowest BCUT2D eigenvalue weighted by Gasteiger charge is -2.38. The number of hydrogen-bond donors (Lipinski definition) is 0. The molecule has 3 saturated heterocycles. The lowest BCUT2D eigenvalue weighted by molar-refractivity contribution is -0.137. The van der Waals surface area contributed by atoms with Crippen molar-refractivity contribution in [1.82, 2.24) is 9.80 Å². The van der Waals surface area contributed by atoms with E-state index in [0.717, 1.165) is 39.0 Å². The van der Waals surface area contributed by atoms with Gasteiger partial charge in [0.1, 0.15) is 0 Å². The van der Waals surface area contributed by atoms with E-state index in [4.69, 9.17) is 9.47 Å². The van der Waals surface area contributed by atoms with Crippen molar-refractivity contribution < 1.29 is 14.3 Å². The van der Waals surface area contributed by atoms with Crippen LogP contribution in [0.4, 0.5) is 0 Å². The summed E-state index contributed by atoms with van der Waals surface area (Å²) in [6.07, 6.45) is 3.47. The molecule has 0 aromatic rings. The van der Waals surface area contributed by atoms with E-state index in [1.54, 1.807) is 0 Å². The van der Waals surface area contributed by atoms with Crippen LogP contribution in [0.15, 0.2) is 0 Å². The molecule has 0 bridgehead atoms. The molecule has 1 amide bonds. The van der Waals surface area contributed by atoms with E-state index in [0.29, 0.717) is 43.4 Å². The standard InChI is InChI=1S/C17H30N2O3/c1-13-8-14(2)10-19(9-13)16(20)12-18-5-3-4-15(11-18)17-21-6-7-22-17/h13-15,17H,3-12H2,1-2H3/t13-,14-,15-/m1/s1. The molecule has 3 atom stereocenters. The average molecular weight is 310 g/mol. The van der Waals surface area contributed by atoms with Gasteiger partial charge in [0.25, 0.3) is 0 Å². The zero-order chi connectivity index (χ0) is 15.5. The predicted octanol–water partition coefficient (Wildman–Crippen LogP) is 1.58. The number of likely N-dealkylation sites (tertiary alicyclic amines) is 2. The van der Waals surface area contributed by atoms with Crippen LogP contribution in [0.1, 0.15) is 33.1 Å². The van der Waals surface area contributed by atoms with Gasteiger partial charge in [-0.3, -0.25) is 9.69 Å². The maximum atomic E-state index is 12.6. The fourth-order valence-electron chi connectivity index (χ4n) is 4.26. The fraction of sp³-hybridized carbons (Fsp3) is 0.941. The Hall–Kier alpha value is -0.650. The summed E-state index contributed by atoms with van der Waals surface area (Å²) >= 11 is 0. The molecule has 3 aliphatic rings. The molecule has 5 nitrogen and oxygen atoms in total. The van der Waals surface area contributed by atoms with E-state index >= 15 is 0 Å². The maximum Gasteiger partial charge on any atom is 0.236 e. The first-order chi connectivity index (χ1) is 10.6. The highest BCUT2D eigenvalue weighted by Gasteiger charge is 2.33. The number of nitrogens with zero attached hydrogens (tertiary/aromatic N) is 2. The Morgan fingerprint density at radius 1 is 1.09 bits per heavy atom. The van der Waals surface area contributed by atoms with Crippen LogP contribution in [-0.4, -0.2) is 67.9 Å². The lowest BCUT2D eigenvalue weighted by atomic mass is 9.92. The second kappa shape index (κ2) is 7.28. The van der Waals surface area contributed by atoms with Crippen molar-refractivity contribution >= 4 is 5.91 Å². The molecule has 5 heteroatoms. The number of piperidine rings is 2. The summed E-state index contributed by atoms with van der Waals surface area (Å²) in [5, 5.41) is 0. The van der Waals surface area contributed by atoms with Crippen LogP contribution < -0.4 is 0 Å². The van der Waals surface area contributed by atoms with E-state index in [-0.39, 0.29) is 6.29 Å². The summed E-state index contributed by atoms with van der Waals surface area (Å²) in [5.41, 5.74) is 0. The minimum absolute atomic E-state index is 0.0482. The molecule has 3 heterocycles. The van der Waals surface area contributed by atoms with Crippen molar-refractivity contribution in [2.45, 2.75) is 39.4 Å². The van der Waals surface area contributed by atoms with Crippen LogP contribution in [0.2, 0.25) is 0 Å². The van der Waals surface area contributed by atoms with Gasteiger partial charge in [0.05, 0.1) is 19.8 Å². The van der Waals surface area contributed by atoms with Crippen LogP contribution in [0.5, 0.6) is 0 Å². The largest absolute Gasteiger partial charge is 0.350 e. The smallest absolute Gasteiger partial charge is 0.236 e. The van der Waals surface area contributed by atoms with Gasteiger partial charge in [-0.25, -0.2) is 0 Å². The molecule has 0 aliphatic carbocycles. The molecule has 0 unspecified atom stereocenters. The SMILES string of the molecule is C[C@@H]1C[C@@H](C)CN(C(=O)CN2CCC[C@@H](C3OCCO3)C2)C1. The van der Waals surface area contributed by atoms with Gasteiger partial charge in [-0.2, -0.15) is 0 Å². The summed E-state index contributed by atoms with van der Waals surface area (Å²) in [7, 11) is 0. The van der Waals surface area contributed by atoms with Crippen LogP contribution in [-0.2, 0) is 14.3 Å². The quantitative estimate of drug-likeness (QED) is 0.794. The summed E-state index contributed by atoms with van der Waals surface area (Å²) in [4.78, 5) is 17.0. The molecule has 0 saturated carbocycles. The fourth-order valence-corrected chi connectivity index (χ4v) is 4.26. The molecule has 0 spiro atoms. The Balaban J connectivity index is 1.50. The highest BCUT2D eigenvalue weighted by molar-refractivity contribution is 5.78. The van der Waals surface area contributed by atoms with Crippen LogP contribution in [0, 0.1) is 17.8 Å². The van der Waals surface area contributed by atoms with Gasteiger partial charge in [-0.05, 0) is 37.6 Å². The van der Waals surface area contributed by atoms with E-state index in [1.165, 1.54) is 6.42 Å². The predicted molar refractivity (Wildman–Crippen MR) is 84.4 cm³/mol. The third kappa shape index (κ3) is 4.00. The van der Waals surface area contributed by atoms with Gasteiger partial charge >= 0.3 is 0 Å². The normalized spacial score (nSPS) is 35.0. The highest BCUT2D eigenvalue weighted by Crippen LogP contribution is 2.25. The van der Waals surface area contributed by atoms with Crippen LogP contribution in [0.25, 0.3) is 0 Å². The van der Waals surface area contributed by atoms with Gasteiger partial charge in [0, 0.05) is 25.6 Å². The molecule has 3 aliphatic heterocycles. The van der Waals surface area contributed by atoms with Crippen LogP contribution in [0.3, 0.4) is 0 Å². The van der Waals surface area contributed by atoms with Crippen molar-refractivity contribution in [3.05, 3.63) is 0 Å². The highest BCUT2D eigenvalue weighted by atomic mass is 16.7. The van der Waals surface area contributed by atoms with Gasteiger partial charge in [0.15, 0.2) is 6.29 Å². The number of hydrogen-bond acceptors (Lipinski definition) is 4. The summed E-state index contributed by atoms with van der Waals surface area (Å²) in [6, 6.07) is 0. The van der Waals surface area contributed by atoms with Gasteiger partial charge in [-0.1, -0.05) is 13.8 Å². The first kappa shape index (κ1) is 16.2. The molecular formula is C17H30N2O3. The van der Waals surface area contributed by atoms with Crippen molar-refractivity contribution in [1.29, 1.82) is 0 Å². The number of rotatable bonds is 3. The Bertz CT molecular complexity index is 374. The van der Waals surface area contributed by atoms with Crippen molar-refractivity contribution in [2.75, 3.05) is 45.9 Å². The molecule has 3 fully saturated rings. The molecular weight excluding hydrogens is 280 g/mol. The molecule has 0 aromatic carbocycles. The minimum atomic E-state index is -0.0482. The Morgan fingerprint density at radius 3 is 2.45 bits per heavy atom.